The van der Waals surface area contributed by atoms with Gasteiger partial charge in [-0.05, 0) is 31.6 Å². The smallest absolute Gasteiger partial charge is 0.275 e. The summed E-state index contributed by atoms with van der Waals surface area (Å²) in [7, 11) is 0. The fraction of sp³-hybridized carbons (Fsp3) is 0.706. The molecule has 0 bridgehead atoms. The molecule has 2 aromatic rings. The second-order valence-electron chi connectivity index (χ2n) is 7.03. The third kappa shape index (κ3) is 2.84. The minimum Gasteiger partial charge on any atom is -0.391 e. The standard InChI is InChI=1S/C17H24N4O2S/c1-2-12-8-15(23)21-16(18-12)24-17(19-21)20-10-13(22)9-14(20)11-6-4-3-5-7-11/h8,11,13-14,22H,2-7,9-10H2,1H3/t13-,14+/m0/s1. The lowest BCUT2D eigenvalue weighted by Crippen LogP contribution is -2.36. The Kier molecular flexibility index (Phi) is 4.30. The number of hydrogen-bond acceptors (Lipinski definition) is 6. The quantitative estimate of drug-likeness (QED) is 0.921. The summed E-state index contributed by atoms with van der Waals surface area (Å²) in [4.78, 5) is 19.6. The summed E-state index contributed by atoms with van der Waals surface area (Å²) in [6.07, 6.45) is 7.60. The molecule has 0 radical (unpaired) electrons. The number of aliphatic hydroxyl groups is 1. The first-order valence-corrected chi connectivity index (χ1v) is 9.82. The molecule has 0 spiro atoms. The first kappa shape index (κ1) is 16.0. The van der Waals surface area contributed by atoms with Gasteiger partial charge in [-0.1, -0.05) is 37.5 Å². The predicted molar refractivity (Wildman–Crippen MR) is 94.8 cm³/mol. The molecule has 1 saturated carbocycles. The molecule has 130 valence electrons. The van der Waals surface area contributed by atoms with Crippen molar-refractivity contribution >= 4 is 21.4 Å². The Labute approximate surface area is 145 Å². The molecule has 3 heterocycles. The average Bonchev–Trinajstić information content (AvgIpc) is 3.19. The molecule has 2 aromatic heterocycles. The molecule has 0 amide bonds. The van der Waals surface area contributed by atoms with Gasteiger partial charge in [-0.25, -0.2) is 4.98 Å². The van der Waals surface area contributed by atoms with Gasteiger partial charge in [-0.3, -0.25) is 4.79 Å². The molecular formula is C17H24N4O2S. The molecule has 1 aliphatic heterocycles. The third-order valence-corrected chi connectivity index (χ3v) is 6.36. The van der Waals surface area contributed by atoms with Crippen LogP contribution >= 0.6 is 11.3 Å². The van der Waals surface area contributed by atoms with Gasteiger partial charge in [0.05, 0.1) is 6.10 Å². The molecule has 7 heteroatoms. The second-order valence-corrected chi connectivity index (χ2v) is 7.96. The molecule has 2 atom stereocenters. The van der Waals surface area contributed by atoms with Crippen molar-refractivity contribution < 1.29 is 5.11 Å². The van der Waals surface area contributed by atoms with E-state index >= 15 is 0 Å². The van der Waals surface area contributed by atoms with Gasteiger partial charge in [-0.2, -0.15) is 4.52 Å². The highest BCUT2D eigenvalue weighted by Gasteiger charge is 2.38. The Morgan fingerprint density at radius 1 is 1.33 bits per heavy atom. The van der Waals surface area contributed by atoms with Crippen molar-refractivity contribution in [3.63, 3.8) is 0 Å². The Morgan fingerprint density at radius 2 is 2.12 bits per heavy atom. The summed E-state index contributed by atoms with van der Waals surface area (Å²) >= 11 is 1.46. The Balaban J connectivity index is 1.69. The first-order chi connectivity index (χ1) is 11.7. The molecule has 4 rings (SSSR count). The monoisotopic (exact) mass is 348 g/mol. The molecule has 1 N–H and O–H groups in total. The largest absolute Gasteiger partial charge is 0.391 e. The number of β-amino-alcohol motifs (C(OH)–C–C–N with tert-alkyl or cyclic N) is 1. The Morgan fingerprint density at radius 3 is 2.88 bits per heavy atom. The third-order valence-electron chi connectivity index (χ3n) is 5.41. The van der Waals surface area contributed by atoms with Crippen molar-refractivity contribution in [1.82, 2.24) is 14.6 Å². The van der Waals surface area contributed by atoms with Gasteiger partial charge in [-0.15, -0.1) is 5.10 Å². The van der Waals surface area contributed by atoms with Gasteiger partial charge in [0.15, 0.2) is 0 Å². The maximum Gasteiger partial charge on any atom is 0.275 e. The lowest BCUT2D eigenvalue weighted by molar-refractivity contribution is 0.185. The number of fused-ring (bicyclic) bond motifs is 1. The SMILES string of the molecule is CCc1cc(=O)n2nc(N3C[C@@H](O)C[C@@H]3C3CCCCC3)sc2n1. The number of aromatic nitrogens is 3. The van der Waals surface area contributed by atoms with Crippen molar-refractivity contribution in [3.05, 3.63) is 22.1 Å². The van der Waals surface area contributed by atoms with E-state index in [9.17, 15) is 9.90 Å². The van der Waals surface area contributed by atoms with Crippen LogP contribution in [-0.2, 0) is 6.42 Å². The molecule has 2 fully saturated rings. The first-order valence-electron chi connectivity index (χ1n) is 9.00. The summed E-state index contributed by atoms with van der Waals surface area (Å²) in [5, 5.41) is 15.6. The molecule has 1 aliphatic carbocycles. The van der Waals surface area contributed by atoms with Crippen LogP contribution in [-0.4, -0.2) is 38.4 Å². The van der Waals surface area contributed by atoms with Crippen molar-refractivity contribution in [2.24, 2.45) is 5.92 Å². The van der Waals surface area contributed by atoms with Crippen LogP contribution in [0.4, 0.5) is 5.13 Å². The normalized spacial score (nSPS) is 25.7. The van der Waals surface area contributed by atoms with E-state index in [-0.39, 0.29) is 11.7 Å². The van der Waals surface area contributed by atoms with Crippen molar-refractivity contribution in [3.8, 4) is 0 Å². The molecule has 24 heavy (non-hydrogen) atoms. The molecular weight excluding hydrogens is 324 g/mol. The van der Waals surface area contributed by atoms with E-state index in [0.717, 1.165) is 23.7 Å². The number of hydrogen-bond donors (Lipinski definition) is 1. The summed E-state index contributed by atoms with van der Waals surface area (Å²) in [6, 6.07) is 1.90. The highest BCUT2D eigenvalue weighted by molar-refractivity contribution is 7.20. The molecule has 0 unspecified atom stereocenters. The van der Waals surface area contributed by atoms with Gasteiger partial charge in [0.1, 0.15) is 0 Å². The number of rotatable bonds is 3. The fourth-order valence-electron chi connectivity index (χ4n) is 4.17. The summed E-state index contributed by atoms with van der Waals surface area (Å²) in [6.45, 7) is 2.60. The second kappa shape index (κ2) is 6.44. The average molecular weight is 348 g/mol. The van der Waals surface area contributed by atoms with Crippen LogP contribution in [0, 0.1) is 5.92 Å². The maximum absolute atomic E-state index is 12.2. The molecule has 0 aromatic carbocycles. The maximum atomic E-state index is 12.2. The van der Waals surface area contributed by atoms with E-state index in [4.69, 9.17) is 0 Å². The lowest BCUT2D eigenvalue weighted by atomic mass is 9.83. The van der Waals surface area contributed by atoms with E-state index < -0.39 is 0 Å². The van der Waals surface area contributed by atoms with Gasteiger partial charge in [0, 0.05) is 24.3 Å². The Bertz CT molecular complexity index is 780. The van der Waals surface area contributed by atoms with Crippen LogP contribution in [0.1, 0.15) is 51.1 Å². The highest BCUT2D eigenvalue weighted by Crippen LogP contribution is 2.38. The summed E-state index contributed by atoms with van der Waals surface area (Å²) < 4.78 is 1.40. The van der Waals surface area contributed by atoms with E-state index in [2.05, 4.69) is 15.0 Å². The van der Waals surface area contributed by atoms with Crippen LogP contribution in [0.3, 0.4) is 0 Å². The topological polar surface area (TPSA) is 70.7 Å². The van der Waals surface area contributed by atoms with E-state index in [1.807, 2.05) is 6.92 Å². The van der Waals surface area contributed by atoms with Crippen molar-refractivity contribution in [1.29, 1.82) is 0 Å². The number of nitrogens with zero attached hydrogens (tertiary/aromatic N) is 4. The number of aryl methyl sites for hydroxylation is 1. The van der Waals surface area contributed by atoms with Gasteiger partial charge >= 0.3 is 0 Å². The van der Waals surface area contributed by atoms with E-state index in [0.29, 0.717) is 23.5 Å². The van der Waals surface area contributed by atoms with Gasteiger partial charge in [0.25, 0.3) is 5.56 Å². The van der Waals surface area contributed by atoms with E-state index in [1.54, 1.807) is 6.07 Å². The van der Waals surface area contributed by atoms with Crippen molar-refractivity contribution in [2.45, 2.75) is 64.0 Å². The number of aliphatic hydroxyl groups excluding tert-OH is 1. The summed E-state index contributed by atoms with van der Waals surface area (Å²) in [5.41, 5.74) is 0.689. The lowest BCUT2D eigenvalue weighted by Gasteiger charge is -2.33. The van der Waals surface area contributed by atoms with Crippen LogP contribution < -0.4 is 10.5 Å². The van der Waals surface area contributed by atoms with Crippen LogP contribution in [0.5, 0.6) is 0 Å². The zero-order chi connectivity index (χ0) is 16.7. The zero-order valence-electron chi connectivity index (χ0n) is 14.0. The van der Waals surface area contributed by atoms with Crippen LogP contribution in [0.15, 0.2) is 10.9 Å². The van der Waals surface area contributed by atoms with E-state index in [1.165, 1.54) is 48.0 Å². The molecule has 6 nitrogen and oxygen atoms in total. The highest BCUT2D eigenvalue weighted by atomic mass is 32.1. The fourth-order valence-corrected chi connectivity index (χ4v) is 5.17. The number of anilines is 1. The molecule has 1 saturated heterocycles. The minimum atomic E-state index is -0.306. The van der Waals surface area contributed by atoms with Crippen LogP contribution in [0.2, 0.25) is 0 Å². The van der Waals surface area contributed by atoms with Gasteiger partial charge < -0.3 is 10.0 Å². The van der Waals surface area contributed by atoms with Crippen LogP contribution in [0.25, 0.3) is 4.96 Å². The minimum absolute atomic E-state index is 0.117. The van der Waals surface area contributed by atoms with Gasteiger partial charge in [0.2, 0.25) is 10.1 Å². The summed E-state index contributed by atoms with van der Waals surface area (Å²) in [5.74, 6) is 0.624. The molecule has 2 aliphatic rings. The van der Waals surface area contributed by atoms with Crippen molar-refractivity contribution in [2.75, 3.05) is 11.4 Å². The zero-order valence-corrected chi connectivity index (χ0v) is 14.8. The predicted octanol–water partition coefficient (Wildman–Crippen LogP) is 2.23. The Hall–Kier alpha value is -1.47.